The quantitative estimate of drug-likeness (QED) is 0.0197. The highest BCUT2D eigenvalue weighted by atomic mass is 31.2. The van der Waals surface area contributed by atoms with Gasteiger partial charge in [0.1, 0.15) is 12.7 Å². The van der Waals surface area contributed by atoms with Crippen LogP contribution < -0.4 is 0 Å². The molecule has 0 heterocycles. The molecule has 0 aromatic carbocycles. The van der Waals surface area contributed by atoms with Crippen molar-refractivity contribution in [2.45, 2.75) is 264 Å². The number of carbonyl (C=O) groups is 3. The lowest BCUT2D eigenvalue weighted by Gasteiger charge is -2.21. The molecule has 0 aliphatic rings. The number of phosphoric ester groups is 1. The molecule has 0 amide bonds. The molecule has 0 aromatic rings. The topological polar surface area (TPSA) is 155 Å². The van der Waals surface area contributed by atoms with Crippen molar-refractivity contribution in [2.24, 2.45) is 0 Å². The van der Waals surface area contributed by atoms with Crippen LogP contribution in [0.2, 0.25) is 0 Å². The summed E-state index contributed by atoms with van der Waals surface area (Å²) in [4.78, 5) is 48.6. The van der Waals surface area contributed by atoms with E-state index in [9.17, 15) is 28.9 Å². The molecule has 0 spiro atoms. The van der Waals surface area contributed by atoms with Crippen LogP contribution in [0.25, 0.3) is 0 Å². The van der Waals surface area contributed by atoms with Crippen LogP contribution in [-0.2, 0) is 42.2 Å². The summed E-state index contributed by atoms with van der Waals surface area (Å²) in [5, 5.41) is 9.81. The van der Waals surface area contributed by atoms with E-state index < -0.39 is 57.8 Å². The zero-order chi connectivity index (χ0) is 56.9. The highest BCUT2D eigenvalue weighted by Gasteiger charge is 2.28. The summed E-state index contributed by atoms with van der Waals surface area (Å²) in [6, 6.07) is 0. The Labute approximate surface area is 475 Å². The van der Waals surface area contributed by atoms with Crippen LogP contribution in [-0.4, -0.2) is 66.5 Å². The smallest absolute Gasteiger partial charge is 0.462 e. The van der Waals surface area contributed by atoms with Crippen molar-refractivity contribution in [3.8, 4) is 0 Å². The maximum absolute atomic E-state index is 12.9. The summed E-state index contributed by atoms with van der Waals surface area (Å²) in [5.41, 5.74) is 0. The largest absolute Gasteiger partial charge is 0.472 e. The Morgan fingerprint density at radius 3 is 1.13 bits per heavy atom. The summed E-state index contributed by atoms with van der Waals surface area (Å²) in [6.45, 7) is 4.31. The van der Waals surface area contributed by atoms with Gasteiger partial charge < -0.3 is 24.2 Å². The SMILES string of the molecule is CC/C=C\C/C=C\C/C=C\C/C=C\C/C=C\CC(=O)OC(CO)COP(=O)(O)OCC(COC(=O)CCCCCCCCCCCCCCCCCCC)OC(=O)CCCCCCCC/C=C\C/C=C\C/C=C\C/C=C\CC. The molecule has 0 saturated heterocycles. The fourth-order valence-electron chi connectivity index (χ4n) is 8.13. The molecule has 3 unspecified atom stereocenters. The minimum absolute atomic E-state index is 0.0597. The van der Waals surface area contributed by atoms with E-state index in [1.807, 2.05) is 18.2 Å². The normalized spacial score (nSPS) is 14.1. The van der Waals surface area contributed by atoms with E-state index in [4.69, 9.17) is 23.3 Å². The summed E-state index contributed by atoms with van der Waals surface area (Å²) in [5.74, 6) is -1.62. The average molecular weight is 1110 g/mol. The van der Waals surface area contributed by atoms with Gasteiger partial charge in [-0.15, -0.1) is 0 Å². The van der Waals surface area contributed by atoms with Gasteiger partial charge in [-0.25, -0.2) is 4.57 Å². The number of ether oxygens (including phenoxy) is 3. The van der Waals surface area contributed by atoms with Crippen LogP contribution in [0.1, 0.15) is 252 Å². The summed E-state index contributed by atoms with van der Waals surface area (Å²) >= 11 is 0. The third-order valence-electron chi connectivity index (χ3n) is 12.7. The molecule has 0 rings (SSSR count). The molecule has 0 bridgehead atoms. The number of aliphatic hydroxyl groups excluding tert-OH is 1. The monoisotopic (exact) mass is 1110 g/mol. The van der Waals surface area contributed by atoms with Crippen molar-refractivity contribution in [3.05, 3.63) is 109 Å². The van der Waals surface area contributed by atoms with Gasteiger partial charge in [-0.1, -0.05) is 259 Å². The zero-order valence-corrected chi connectivity index (χ0v) is 50.2. The minimum Gasteiger partial charge on any atom is -0.462 e. The molecule has 3 atom stereocenters. The lowest BCUT2D eigenvalue weighted by molar-refractivity contribution is -0.161. The number of carbonyl (C=O) groups excluding carboxylic acids is 3. The number of allylic oxidation sites excluding steroid dienone is 17. The predicted octanol–water partition coefficient (Wildman–Crippen LogP) is 18.6. The summed E-state index contributed by atoms with van der Waals surface area (Å²) < 4.78 is 39.5. The van der Waals surface area contributed by atoms with Crippen molar-refractivity contribution >= 4 is 25.7 Å². The Hall–Kier alpha value is -3.86. The Balaban J connectivity index is 4.82. The van der Waals surface area contributed by atoms with Gasteiger partial charge in [0.15, 0.2) is 6.10 Å². The standard InChI is InChI=1S/C66H111O11P/c1-4-7-10-13-16-19-22-25-28-30-31-33-36-39-42-45-48-51-54-57-66(70)77-63(59-73-64(68)55-52-49-46-43-40-37-35-32-29-26-23-20-17-14-11-8-5-2)61-75-78(71,72)74-60-62(58-67)76-65(69)56-53-50-47-44-41-38-34-27-24-21-18-15-12-9-6-3/h7,9-10,12,16,18-19,21,25,27-28,31,33-34,41,44,50,53,62-63,67H,4-6,8,11,13-15,17,20,22-24,26,29-30,32,35-40,42-43,45-49,51-52,54-61H2,1-3H3,(H,71,72)/b10-7-,12-9-,19-16-,21-18-,28-25-,33-31-,34-27-,44-41-,53-50-. The first-order chi connectivity index (χ1) is 38.2. The van der Waals surface area contributed by atoms with Gasteiger partial charge in [0, 0.05) is 12.8 Å². The fourth-order valence-corrected chi connectivity index (χ4v) is 8.91. The molecular formula is C66H111O11P. The Morgan fingerprint density at radius 1 is 0.385 bits per heavy atom. The van der Waals surface area contributed by atoms with E-state index in [0.29, 0.717) is 19.3 Å². The molecule has 0 radical (unpaired) electrons. The summed E-state index contributed by atoms with van der Waals surface area (Å²) in [7, 11) is -4.78. The average Bonchev–Trinajstić information content (AvgIpc) is 3.43. The number of rotatable bonds is 56. The Kier molecular flexibility index (Phi) is 56.3. The second-order valence-electron chi connectivity index (χ2n) is 20.1. The van der Waals surface area contributed by atoms with Gasteiger partial charge in [0.25, 0.3) is 0 Å². The summed E-state index contributed by atoms with van der Waals surface area (Å²) in [6.07, 6.45) is 72.1. The molecule has 0 aliphatic carbocycles. The lowest BCUT2D eigenvalue weighted by atomic mass is 10.0. The molecule has 0 aromatic heterocycles. The third kappa shape index (κ3) is 56.8. The zero-order valence-electron chi connectivity index (χ0n) is 49.3. The van der Waals surface area contributed by atoms with Crippen LogP contribution in [0, 0.1) is 0 Å². The minimum atomic E-state index is -4.78. The third-order valence-corrected chi connectivity index (χ3v) is 13.7. The number of phosphoric acid groups is 1. The molecule has 2 N–H and O–H groups in total. The van der Waals surface area contributed by atoms with Crippen molar-refractivity contribution in [2.75, 3.05) is 26.4 Å². The predicted molar refractivity (Wildman–Crippen MR) is 325 cm³/mol. The van der Waals surface area contributed by atoms with Crippen LogP contribution in [0.4, 0.5) is 0 Å². The number of hydrogen-bond acceptors (Lipinski definition) is 10. The van der Waals surface area contributed by atoms with Crippen LogP contribution in [0.15, 0.2) is 109 Å². The fraction of sp³-hybridized carbons (Fsp3) is 0.682. The van der Waals surface area contributed by atoms with Crippen LogP contribution >= 0.6 is 7.82 Å². The van der Waals surface area contributed by atoms with Crippen molar-refractivity contribution in [1.82, 2.24) is 0 Å². The number of esters is 3. The highest BCUT2D eigenvalue weighted by molar-refractivity contribution is 7.47. The molecule has 0 fully saturated rings. The maximum atomic E-state index is 12.9. The molecule has 0 aliphatic heterocycles. The van der Waals surface area contributed by atoms with Gasteiger partial charge in [-0.3, -0.25) is 23.4 Å². The second kappa shape index (κ2) is 59.3. The Morgan fingerprint density at radius 2 is 0.718 bits per heavy atom. The molecule has 12 heteroatoms. The van der Waals surface area contributed by atoms with E-state index in [2.05, 4.69) is 106 Å². The van der Waals surface area contributed by atoms with Crippen molar-refractivity contribution < 1.29 is 52.2 Å². The van der Waals surface area contributed by atoms with Crippen LogP contribution in [0.5, 0.6) is 0 Å². The van der Waals surface area contributed by atoms with E-state index in [1.165, 1.54) is 83.5 Å². The van der Waals surface area contributed by atoms with E-state index in [1.54, 1.807) is 6.08 Å². The molecule has 78 heavy (non-hydrogen) atoms. The maximum Gasteiger partial charge on any atom is 0.472 e. The first-order valence-electron chi connectivity index (χ1n) is 30.8. The number of unbranched alkanes of at least 4 members (excludes halogenated alkanes) is 22. The second-order valence-corrected chi connectivity index (χ2v) is 21.6. The van der Waals surface area contributed by atoms with Crippen molar-refractivity contribution in [3.63, 3.8) is 0 Å². The Bertz CT molecular complexity index is 1720. The molecular weight excluding hydrogens is 1000 g/mol. The van der Waals surface area contributed by atoms with E-state index >= 15 is 0 Å². The molecule has 11 nitrogen and oxygen atoms in total. The highest BCUT2D eigenvalue weighted by Crippen LogP contribution is 2.43. The number of hydrogen-bond donors (Lipinski definition) is 2. The molecule has 446 valence electrons. The van der Waals surface area contributed by atoms with Gasteiger partial charge >= 0.3 is 25.7 Å². The van der Waals surface area contributed by atoms with Crippen molar-refractivity contribution in [1.29, 1.82) is 0 Å². The van der Waals surface area contributed by atoms with Gasteiger partial charge in [-0.2, -0.15) is 0 Å². The van der Waals surface area contributed by atoms with E-state index in [0.717, 1.165) is 109 Å². The first-order valence-corrected chi connectivity index (χ1v) is 32.3. The van der Waals surface area contributed by atoms with E-state index in [-0.39, 0.29) is 25.9 Å². The first kappa shape index (κ1) is 74.1. The molecule has 0 saturated carbocycles. The van der Waals surface area contributed by atoms with Gasteiger partial charge in [0.2, 0.25) is 0 Å². The lowest BCUT2D eigenvalue weighted by Crippen LogP contribution is -2.30. The van der Waals surface area contributed by atoms with Crippen LogP contribution in [0.3, 0.4) is 0 Å². The van der Waals surface area contributed by atoms with Gasteiger partial charge in [0.05, 0.1) is 26.2 Å². The number of aliphatic hydroxyl groups is 1. The van der Waals surface area contributed by atoms with Gasteiger partial charge in [-0.05, 0) is 83.5 Å².